The SMILES string of the molecule is COc1ccc(N(C(=O)Oc2ccnc(Nc3ccc(OCCN4CCN(C(C)C)CC4)c(F)c3)n2)c2c(C)cccc2C)c(OC)c1. The fourth-order valence-electron chi connectivity index (χ4n) is 5.65. The Morgan fingerprint density at radius 1 is 0.958 bits per heavy atom. The molecule has 0 saturated carbocycles. The first-order valence-corrected chi connectivity index (χ1v) is 16.0. The van der Waals surface area contributed by atoms with Crippen LogP contribution in [0.3, 0.4) is 0 Å². The van der Waals surface area contributed by atoms with Crippen LogP contribution >= 0.6 is 0 Å². The minimum Gasteiger partial charge on any atom is -0.497 e. The maximum absolute atomic E-state index is 15.0. The standard InChI is InChI=1S/C36H43FN6O5/c1-24(2)42-18-16-41(17-19-42)20-21-47-31-13-10-27(22-29(31)37)39-35-38-15-14-33(40-35)48-36(44)43(34-25(3)8-7-9-26(34)4)30-12-11-28(45-5)23-32(30)46-6/h7-15,22-24H,16-21H2,1-6H3,(H,38,39,40). The molecule has 0 bridgehead atoms. The number of anilines is 4. The van der Waals surface area contributed by atoms with Gasteiger partial charge in [0.15, 0.2) is 11.6 Å². The molecule has 0 aliphatic carbocycles. The Bertz CT molecular complexity index is 1690. The zero-order chi connectivity index (χ0) is 34.2. The lowest BCUT2D eigenvalue weighted by Crippen LogP contribution is -2.49. The predicted octanol–water partition coefficient (Wildman–Crippen LogP) is 6.74. The Labute approximate surface area is 281 Å². The van der Waals surface area contributed by atoms with Crippen LogP contribution in [0.2, 0.25) is 0 Å². The van der Waals surface area contributed by atoms with Crippen LogP contribution in [0.25, 0.3) is 0 Å². The van der Waals surface area contributed by atoms with E-state index in [-0.39, 0.29) is 17.6 Å². The van der Waals surface area contributed by atoms with Gasteiger partial charge in [-0.2, -0.15) is 4.98 Å². The van der Waals surface area contributed by atoms with Gasteiger partial charge in [0.05, 0.1) is 25.6 Å². The molecule has 11 nitrogen and oxygen atoms in total. The summed E-state index contributed by atoms with van der Waals surface area (Å²) in [6, 6.07) is 17.5. The highest BCUT2D eigenvalue weighted by Crippen LogP contribution is 2.40. The molecule has 48 heavy (non-hydrogen) atoms. The molecule has 1 aliphatic rings. The van der Waals surface area contributed by atoms with Crippen LogP contribution in [-0.2, 0) is 0 Å². The largest absolute Gasteiger partial charge is 0.497 e. The lowest BCUT2D eigenvalue weighted by Gasteiger charge is -2.36. The van der Waals surface area contributed by atoms with E-state index in [4.69, 9.17) is 18.9 Å². The van der Waals surface area contributed by atoms with E-state index in [1.807, 2.05) is 32.0 Å². The fraction of sp³-hybridized carbons (Fsp3) is 0.361. The van der Waals surface area contributed by atoms with Crippen molar-refractivity contribution in [3.63, 3.8) is 0 Å². The number of nitrogens with one attached hydrogen (secondary N) is 1. The number of amides is 1. The second kappa shape index (κ2) is 15.8. The van der Waals surface area contributed by atoms with Crippen molar-refractivity contribution in [2.45, 2.75) is 33.7 Å². The number of aromatic nitrogens is 2. The summed E-state index contributed by atoms with van der Waals surface area (Å²) in [4.78, 5) is 28.7. The highest BCUT2D eigenvalue weighted by molar-refractivity contribution is 6.00. The molecular formula is C36H43FN6O5. The summed E-state index contributed by atoms with van der Waals surface area (Å²) in [5.41, 5.74) is 3.22. The Morgan fingerprint density at radius 2 is 1.71 bits per heavy atom. The Hall–Kier alpha value is -4.94. The molecule has 0 spiro atoms. The van der Waals surface area contributed by atoms with Crippen molar-refractivity contribution in [2.75, 3.05) is 63.8 Å². The van der Waals surface area contributed by atoms with Crippen LogP contribution in [0.4, 0.5) is 32.2 Å². The van der Waals surface area contributed by atoms with E-state index < -0.39 is 11.9 Å². The first-order valence-electron chi connectivity index (χ1n) is 16.0. The van der Waals surface area contributed by atoms with Crippen molar-refractivity contribution in [3.8, 4) is 23.1 Å². The minimum absolute atomic E-state index is 0.00383. The van der Waals surface area contributed by atoms with Crippen molar-refractivity contribution in [3.05, 3.63) is 83.8 Å². The van der Waals surface area contributed by atoms with Gasteiger partial charge in [-0.3, -0.25) is 9.80 Å². The maximum Gasteiger partial charge on any atom is 0.425 e. The van der Waals surface area contributed by atoms with E-state index in [1.54, 1.807) is 37.4 Å². The van der Waals surface area contributed by atoms with Crippen LogP contribution in [0.1, 0.15) is 25.0 Å². The quantitative estimate of drug-likeness (QED) is 0.176. The third-order valence-electron chi connectivity index (χ3n) is 8.29. The molecular weight excluding hydrogens is 615 g/mol. The number of piperazine rings is 1. The second-order valence-corrected chi connectivity index (χ2v) is 11.8. The van der Waals surface area contributed by atoms with Crippen molar-refractivity contribution in [1.82, 2.24) is 19.8 Å². The molecule has 1 N–H and O–H groups in total. The summed E-state index contributed by atoms with van der Waals surface area (Å²) in [6.07, 6.45) is 0.735. The summed E-state index contributed by atoms with van der Waals surface area (Å²) in [7, 11) is 3.08. The van der Waals surface area contributed by atoms with E-state index in [0.717, 1.165) is 43.9 Å². The molecule has 0 unspecified atom stereocenters. The average molecular weight is 659 g/mol. The van der Waals surface area contributed by atoms with Gasteiger partial charge in [-0.05, 0) is 63.1 Å². The maximum atomic E-state index is 15.0. The number of hydrogen-bond donors (Lipinski definition) is 1. The first kappa shape index (κ1) is 34.4. The molecule has 0 radical (unpaired) electrons. The highest BCUT2D eigenvalue weighted by atomic mass is 19.1. The zero-order valence-corrected chi connectivity index (χ0v) is 28.3. The van der Waals surface area contributed by atoms with Gasteiger partial charge in [-0.25, -0.2) is 19.1 Å². The number of ether oxygens (including phenoxy) is 4. The van der Waals surface area contributed by atoms with E-state index in [1.165, 1.54) is 30.3 Å². The van der Waals surface area contributed by atoms with Gasteiger partial charge in [-0.15, -0.1) is 0 Å². The molecule has 1 aromatic heterocycles. The Balaban J connectivity index is 1.26. The number of para-hydroxylation sites is 1. The summed E-state index contributed by atoms with van der Waals surface area (Å²) in [6.45, 7) is 13.4. The molecule has 5 rings (SSSR count). The van der Waals surface area contributed by atoms with Gasteiger partial charge in [0.2, 0.25) is 11.8 Å². The molecule has 1 fully saturated rings. The van der Waals surface area contributed by atoms with Gasteiger partial charge in [0.25, 0.3) is 0 Å². The summed E-state index contributed by atoms with van der Waals surface area (Å²) in [5, 5.41) is 2.98. The number of benzene rings is 3. The second-order valence-electron chi connectivity index (χ2n) is 11.8. The Morgan fingerprint density at radius 3 is 2.38 bits per heavy atom. The zero-order valence-electron chi connectivity index (χ0n) is 28.3. The van der Waals surface area contributed by atoms with Crippen molar-refractivity contribution in [2.24, 2.45) is 0 Å². The van der Waals surface area contributed by atoms with Gasteiger partial charge in [-0.1, -0.05) is 18.2 Å². The number of hydrogen-bond acceptors (Lipinski definition) is 10. The number of carbonyl (C=O) groups excluding carboxylic acids is 1. The molecule has 12 heteroatoms. The van der Waals surface area contributed by atoms with Crippen LogP contribution in [-0.4, -0.2) is 85.5 Å². The van der Waals surface area contributed by atoms with Crippen LogP contribution in [0, 0.1) is 19.7 Å². The first-order chi connectivity index (χ1) is 23.2. The number of rotatable bonds is 12. The van der Waals surface area contributed by atoms with E-state index >= 15 is 0 Å². The monoisotopic (exact) mass is 658 g/mol. The summed E-state index contributed by atoms with van der Waals surface area (Å²) >= 11 is 0. The van der Waals surface area contributed by atoms with Gasteiger partial charge < -0.3 is 24.3 Å². The normalized spacial score (nSPS) is 13.7. The van der Waals surface area contributed by atoms with Crippen molar-refractivity contribution in [1.29, 1.82) is 0 Å². The highest BCUT2D eigenvalue weighted by Gasteiger charge is 2.27. The van der Waals surface area contributed by atoms with Crippen molar-refractivity contribution >= 4 is 29.1 Å². The topological polar surface area (TPSA) is 102 Å². The average Bonchev–Trinajstić information content (AvgIpc) is 3.07. The van der Waals surface area contributed by atoms with Gasteiger partial charge in [0, 0.05) is 68.8 Å². The molecule has 2 heterocycles. The molecule has 3 aromatic carbocycles. The van der Waals surface area contributed by atoms with Crippen LogP contribution in [0.15, 0.2) is 66.9 Å². The molecule has 1 aliphatic heterocycles. The number of carbonyl (C=O) groups is 1. The Kier molecular flexibility index (Phi) is 11.3. The lowest BCUT2D eigenvalue weighted by molar-refractivity contribution is 0.0965. The molecule has 254 valence electrons. The van der Waals surface area contributed by atoms with E-state index in [0.29, 0.717) is 41.2 Å². The summed E-state index contributed by atoms with van der Waals surface area (Å²) < 4.78 is 37.5. The third-order valence-corrected chi connectivity index (χ3v) is 8.29. The van der Waals surface area contributed by atoms with Crippen LogP contribution < -0.4 is 29.2 Å². The van der Waals surface area contributed by atoms with Gasteiger partial charge >= 0.3 is 6.09 Å². The fourth-order valence-corrected chi connectivity index (χ4v) is 5.65. The van der Waals surface area contributed by atoms with Crippen molar-refractivity contribution < 1.29 is 28.1 Å². The van der Waals surface area contributed by atoms with E-state index in [9.17, 15) is 9.18 Å². The predicted molar refractivity (Wildman–Crippen MR) is 184 cm³/mol. The minimum atomic E-state index is -0.713. The lowest BCUT2D eigenvalue weighted by atomic mass is 10.1. The van der Waals surface area contributed by atoms with Gasteiger partial charge in [0.1, 0.15) is 18.1 Å². The summed E-state index contributed by atoms with van der Waals surface area (Å²) in [5.74, 6) is 0.766. The number of aryl methyl sites for hydroxylation is 2. The third kappa shape index (κ3) is 8.31. The number of nitrogens with zero attached hydrogens (tertiary/aromatic N) is 5. The van der Waals surface area contributed by atoms with Crippen LogP contribution in [0.5, 0.6) is 23.1 Å². The number of halogens is 1. The molecule has 1 amide bonds. The molecule has 0 atom stereocenters. The smallest absolute Gasteiger partial charge is 0.425 e. The molecule has 1 saturated heterocycles. The van der Waals surface area contributed by atoms with E-state index in [2.05, 4.69) is 38.9 Å². The number of methoxy groups -OCH3 is 2. The molecule has 4 aromatic rings.